The fraction of sp³-hybridized carbons (Fsp3) is 0.333. The van der Waals surface area contributed by atoms with E-state index in [0.29, 0.717) is 80.1 Å². The number of carbonyl (C=O) groups is 6. The summed E-state index contributed by atoms with van der Waals surface area (Å²) in [5.74, 6) is -1.14. The van der Waals surface area contributed by atoms with Crippen molar-refractivity contribution in [1.82, 2.24) is 20.4 Å². The zero-order chi connectivity index (χ0) is 34.8. The van der Waals surface area contributed by atoms with Crippen molar-refractivity contribution in [3.8, 4) is 0 Å². The van der Waals surface area contributed by atoms with Crippen LogP contribution in [0.5, 0.6) is 0 Å². The molecule has 0 aromatic heterocycles. The van der Waals surface area contributed by atoms with Gasteiger partial charge in [-0.3, -0.25) is 38.6 Å². The zero-order valence-corrected chi connectivity index (χ0v) is 27.8. The van der Waals surface area contributed by atoms with Crippen molar-refractivity contribution in [2.45, 2.75) is 58.3 Å². The smallest absolute Gasteiger partial charge is 0.261 e. The lowest BCUT2D eigenvalue weighted by Crippen LogP contribution is -2.41. The summed E-state index contributed by atoms with van der Waals surface area (Å²) in [5.41, 5.74) is 2.50. The van der Waals surface area contributed by atoms with E-state index in [0.717, 1.165) is 39.5 Å². The lowest BCUT2D eigenvalue weighted by atomic mass is 9.94. The summed E-state index contributed by atoms with van der Waals surface area (Å²) in [6.45, 7) is 3.08. The third-order valence-corrected chi connectivity index (χ3v) is 8.92. The Morgan fingerprint density at radius 3 is 1.80 bits per heavy atom. The monoisotopic (exact) mass is 662 g/mol. The fourth-order valence-corrected chi connectivity index (χ4v) is 6.39. The first-order valence-corrected chi connectivity index (χ1v) is 17.0. The molecule has 10 nitrogen and oxygen atoms in total. The average molecular weight is 663 g/mol. The van der Waals surface area contributed by atoms with E-state index in [4.69, 9.17) is 0 Å². The Labute approximate surface area is 285 Å². The Bertz CT molecular complexity index is 1830. The molecule has 0 bridgehead atoms. The number of nitrogens with zero attached hydrogens (tertiary/aromatic N) is 2. The summed E-state index contributed by atoms with van der Waals surface area (Å²) in [7, 11) is 0. The third kappa shape index (κ3) is 8.38. The molecular formula is C39H42N4O6. The van der Waals surface area contributed by atoms with Crippen LogP contribution in [0.1, 0.15) is 88.0 Å². The molecule has 0 saturated carbocycles. The second-order valence-electron chi connectivity index (χ2n) is 12.4. The van der Waals surface area contributed by atoms with E-state index < -0.39 is 0 Å². The highest BCUT2D eigenvalue weighted by molar-refractivity contribution is 6.25. The standard InChI is InChI=1S/C39H42N4O6/c1-27-12-6-13-28-14-7-17-30(35(27)28)37(47)42(26-44)24-10-22-40-33(45)20-4-2-3-5-21-34(46)41-23-11-25-43-38(48)31-18-8-15-29-16-9-19-32(36(29)31)39(43)49/h6-9,12-19,26H,2-5,10-11,20-25H2,1H3,(H,40,45)(H,41,46). The summed E-state index contributed by atoms with van der Waals surface area (Å²) in [5, 5.41) is 9.06. The molecule has 4 aromatic carbocycles. The quantitative estimate of drug-likeness (QED) is 0.0866. The van der Waals surface area contributed by atoms with Crippen LogP contribution in [0.4, 0.5) is 0 Å². The first-order chi connectivity index (χ1) is 23.8. The average Bonchev–Trinajstić information content (AvgIpc) is 3.11. The molecule has 2 N–H and O–H groups in total. The van der Waals surface area contributed by atoms with Crippen LogP contribution in [-0.2, 0) is 14.4 Å². The van der Waals surface area contributed by atoms with Crippen LogP contribution in [0.25, 0.3) is 21.5 Å². The maximum atomic E-state index is 13.1. The molecule has 0 atom stereocenters. The predicted molar refractivity (Wildman–Crippen MR) is 188 cm³/mol. The molecule has 0 radical (unpaired) electrons. The maximum absolute atomic E-state index is 13.1. The van der Waals surface area contributed by atoms with Gasteiger partial charge in [0.05, 0.1) is 0 Å². The summed E-state index contributed by atoms with van der Waals surface area (Å²) in [6, 6.07) is 22.2. The number of carbonyl (C=O) groups excluding carboxylic acids is 6. The lowest BCUT2D eigenvalue weighted by molar-refractivity contribution is -0.122. The molecule has 0 spiro atoms. The second kappa shape index (κ2) is 16.6. The van der Waals surface area contributed by atoms with E-state index in [-0.39, 0.29) is 42.6 Å². The van der Waals surface area contributed by atoms with Gasteiger partial charge in [-0.05, 0) is 72.5 Å². The highest BCUT2D eigenvalue weighted by atomic mass is 16.2. The number of unbranched alkanes of at least 4 members (excludes halogenated alkanes) is 3. The van der Waals surface area contributed by atoms with Gasteiger partial charge in [0.25, 0.3) is 17.7 Å². The zero-order valence-electron chi connectivity index (χ0n) is 27.8. The molecule has 5 rings (SSSR count). The molecule has 0 saturated heterocycles. The van der Waals surface area contributed by atoms with Crippen LogP contribution in [0.15, 0.2) is 72.8 Å². The molecule has 0 aliphatic carbocycles. The van der Waals surface area contributed by atoms with Gasteiger partial charge in [0.15, 0.2) is 0 Å². The number of hydrogen-bond acceptors (Lipinski definition) is 6. The van der Waals surface area contributed by atoms with Crippen molar-refractivity contribution in [2.75, 3.05) is 26.2 Å². The van der Waals surface area contributed by atoms with E-state index in [1.54, 1.807) is 24.3 Å². The van der Waals surface area contributed by atoms with Gasteiger partial charge in [-0.25, -0.2) is 0 Å². The highest BCUT2D eigenvalue weighted by Gasteiger charge is 2.32. The second-order valence-corrected chi connectivity index (χ2v) is 12.4. The molecule has 49 heavy (non-hydrogen) atoms. The Morgan fingerprint density at radius 2 is 1.20 bits per heavy atom. The van der Waals surface area contributed by atoms with Crippen LogP contribution >= 0.6 is 0 Å². The SMILES string of the molecule is Cc1cccc2cccc(C(=O)N(C=O)CCCNC(=O)CCCCCCC(=O)NCCCN3C(=O)c4cccc5cccc(c45)C3=O)c12. The number of nitrogens with one attached hydrogen (secondary N) is 2. The number of fused-ring (bicyclic) bond motifs is 1. The highest BCUT2D eigenvalue weighted by Crippen LogP contribution is 2.30. The van der Waals surface area contributed by atoms with Crippen molar-refractivity contribution in [3.05, 3.63) is 95.1 Å². The lowest BCUT2D eigenvalue weighted by Gasteiger charge is -2.27. The predicted octanol–water partition coefficient (Wildman–Crippen LogP) is 5.55. The van der Waals surface area contributed by atoms with Crippen LogP contribution in [0.3, 0.4) is 0 Å². The van der Waals surface area contributed by atoms with Crippen LogP contribution in [0.2, 0.25) is 0 Å². The van der Waals surface area contributed by atoms with Gasteiger partial charge in [0.2, 0.25) is 18.2 Å². The Balaban J connectivity index is 0.908. The van der Waals surface area contributed by atoms with Gasteiger partial charge >= 0.3 is 0 Å². The van der Waals surface area contributed by atoms with E-state index in [1.807, 2.05) is 55.5 Å². The van der Waals surface area contributed by atoms with Crippen molar-refractivity contribution in [1.29, 1.82) is 0 Å². The third-order valence-electron chi connectivity index (χ3n) is 8.92. The topological polar surface area (TPSA) is 133 Å². The molecule has 1 aliphatic heterocycles. The van der Waals surface area contributed by atoms with E-state index in [2.05, 4.69) is 10.6 Å². The van der Waals surface area contributed by atoms with Crippen molar-refractivity contribution >= 4 is 57.5 Å². The molecule has 1 heterocycles. The number of rotatable bonds is 17. The van der Waals surface area contributed by atoms with Gasteiger partial charge < -0.3 is 10.6 Å². The van der Waals surface area contributed by atoms with Crippen molar-refractivity contribution in [2.24, 2.45) is 0 Å². The van der Waals surface area contributed by atoms with E-state index in [9.17, 15) is 28.8 Å². The fourth-order valence-electron chi connectivity index (χ4n) is 6.39. The number of amides is 6. The van der Waals surface area contributed by atoms with Crippen LogP contribution in [-0.4, -0.2) is 71.9 Å². The minimum atomic E-state index is -0.356. The Hall–Kier alpha value is -5.38. The summed E-state index contributed by atoms with van der Waals surface area (Å²) in [6.07, 6.45) is 5.20. The molecule has 254 valence electrons. The maximum Gasteiger partial charge on any atom is 0.261 e. The van der Waals surface area contributed by atoms with Gasteiger partial charge in [-0.1, -0.05) is 67.4 Å². The Kier molecular flexibility index (Phi) is 11.9. The molecule has 0 unspecified atom stereocenters. The normalized spacial score (nSPS) is 12.3. The number of hydrogen-bond donors (Lipinski definition) is 2. The first-order valence-electron chi connectivity index (χ1n) is 17.0. The number of benzene rings is 4. The van der Waals surface area contributed by atoms with Gasteiger partial charge in [-0.15, -0.1) is 0 Å². The van der Waals surface area contributed by atoms with Crippen LogP contribution < -0.4 is 10.6 Å². The molecular weight excluding hydrogens is 620 g/mol. The molecule has 6 amide bonds. The summed E-state index contributed by atoms with van der Waals surface area (Å²) < 4.78 is 0. The van der Waals surface area contributed by atoms with Crippen molar-refractivity contribution < 1.29 is 28.8 Å². The minimum Gasteiger partial charge on any atom is -0.356 e. The van der Waals surface area contributed by atoms with E-state index >= 15 is 0 Å². The molecule has 4 aromatic rings. The minimum absolute atomic E-state index is 0.0809. The van der Waals surface area contributed by atoms with Gasteiger partial charge in [0, 0.05) is 61.1 Å². The molecule has 10 heteroatoms. The summed E-state index contributed by atoms with van der Waals surface area (Å²) in [4.78, 5) is 77.8. The molecule has 1 aliphatic rings. The number of aryl methyl sites for hydroxylation is 1. The molecule has 0 fully saturated rings. The summed E-state index contributed by atoms with van der Waals surface area (Å²) >= 11 is 0. The number of imide groups is 2. The van der Waals surface area contributed by atoms with Crippen LogP contribution in [0, 0.1) is 6.92 Å². The van der Waals surface area contributed by atoms with Gasteiger partial charge in [-0.2, -0.15) is 0 Å². The first kappa shape index (κ1) is 34.9. The van der Waals surface area contributed by atoms with E-state index in [1.165, 1.54) is 4.90 Å². The largest absolute Gasteiger partial charge is 0.356 e. The van der Waals surface area contributed by atoms with Crippen molar-refractivity contribution in [3.63, 3.8) is 0 Å². The van der Waals surface area contributed by atoms with Gasteiger partial charge in [0.1, 0.15) is 0 Å². The Morgan fingerprint density at radius 1 is 0.673 bits per heavy atom.